The van der Waals surface area contributed by atoms with Crippen molar-refractivity contribution in [3.8, 4) is 0 Å². The first kappa shape index (κ1) is 11.2. The molecule has 0 aromatic carbocycles. The topological polar surface area (TPSA) is 57.5 Å². The average Bonchev–Trinajstić information content (AvgIpc) is 1.82. The van der Waals surface area contributed by atoms with Gasteiger partial charge in [0.1, 0.15) is 0 Å². The van der Waals surface area contributed by atoms with E-state index in [0.29, 0.717) is 0 Å². The number of hydrogen-bond acceptors (Lipinski definition) is 2. The third-order valence-corrected chi connectivity index (χ3v) is 1.59. The quantitative estimate of drug-likeness (QED) is 0.676. The van der Waals surface area contributed by atoms with Crippen molar-refractivity contribution < 1.29 is 28.2 Å². The number of alkyl halides is 3. The molecule has 0 aromatic rings. The third-order valence-electron chi connectivity index (χ3n) is 1.59. The van der Waals surface area contributed by atoms with E-state index in [1.165, 1.54) is 0 Å². The van der Waals surface area contributed by atoms with Gasteiger partial charge in [0.05, 0.1) is 0 Å². The first-order valence-corrected chi connectivity index (χ1v) is 3.16. The maximum absolute atomic E-state index is 12.0. The van der Waals surface area contributed by atoms with Gasteiger partial charge in [0.25, 0.3) is 5.60 Å². The van der Waals surface area contributed by atoms with E-state index < -0.39 is 23.7 Å². The Morgan fingerprint density at radius 3 is 1.67 bits per heavy atom. The van der Waals surface area contributed by atoms with Crippen LogP contribution in [-0.2, 0) is 4.79 Å². The highest BCUT2D eigenvalue weighted by Crippen LogP contribution is 2.36. The van der Waals surface area contributed by atoms with Crippen molar-refractivity contribution in [1.29, 1.82) is 0 Å². The number of carboxylic acid groups (broad SMARTS) is 1. The summed E-state index contributed by atoms with van der Waals surface area (Å²) in [6, 6.07) is 0. The van der Waals surface area contributed by atoms with Crippen LogP contribution in [0.2, 0.25) is 0 Å². The van der Waals surface area contributed by atoms with Gasteiger partial charge in [0.15, 0.2) is 0 Å². The van der Waals surface area contributed by atoms with Crippen molar-refractivity contribution in [3.63, 3.8) is 0 Å². The van der Waals surface area contributed by atoms with Gasteiger partial charge >= 0.3 is 12.1 Å². The van der Waals surface area contributed by atoms with Crippen LogP contribution in [0.15, 0.2) is 0 Å². The van der Waals surface area contributed by atoms with E-state index in [9.17, 15) is 18.0 Å². The molecule has 0 aliphatic heterocycles. The number of hydrogen-bond donors (Lipinski definition) is 2. The van der Waals surface area contributed by atoms with Crippen molar-refractivity contribution in [2.24, 2.45) is 5.92 Å². The zero-order chi connectivity index (χ0) is 10.2. The van der Waals surface area contributed by atoms with Crippen LogP contribution < -0.4 is 0 Å². The summed E-state index contributed by atoms with van der Waals surface area (Å²) in [5, 5.41) is 16.9. The van der Waals surface area contributed by atoms with Gasteiger partial charge in [-0.2, -0.15) is 13.2 Å². The Morgan fingerprint density at radius 2 is 1.67 bits per heavy atom. The smallest absolute Gasteiger partial charge is 0.428 e. The van der Waals surface area contributed by atoms with Crippen LogP contribution in [0.5, 0.6) is 0 Å². The fraction of sp³-hybridized carbons (Fsp3) is 0.833. The van der Waals surface area contributed by atoms with E-state index in [-0.39, 0.29) is 0 Å². The first-order chi connectivity index (χ1) is 5.14. The van der Waals surface area contributed by atoms with Crippen LogP contribution in [0.1, 0.15) is 13.8 Å². The van der Waals surface area contributed by atoms with Gasteiger partial charge in [0.2, 0.25) is 0 Å². The molecule has 0 saturated carbocycles. The SMILES string of the molecule is CC(C)[C@@](O)(C(=O)O)C(F)(F)F. The molecule has 3 nitrogen and oxygen atoms in total. The standard InChI is InChI=1S/C6H9F3O3/c1-3(2)5(12,4(10)11)6(7,8)9/h3,12H,1-2H3,(H,10,11)/t5-/m1/s1. The molecule has 0 rings (SSSR count). The van der Waals surface area contributed by atoms with Crippen LogP contribution in [-0.4, -0.2) is 28.0 Å². The van der Waals surface area contributed by atoms with Crippen LogP contribution in [0.25, 0.3) is 0 Å². The van der Waals surface area contributed by atoms with E-state index in [2.05, 4.69) is 0 Å². The van der Waals surface area contributed by atoms with Gasteiger partial charge in [-0.25, -0.2) is 4.79 Å². The molecule has 0 aromatic heterocycles. The minimum atomic E-state index is -5.15. The van der Waals surface area contributed by atoms with E-state index in [1.807, 2.05) is 0 Å². The minimum absolute atomic E-state index is 0.988. The largest absolute Gasteiger partial charge is 0.479 e. The lowest BCUT2D eigenvalue weighted by atomic mass is 9.90. The number of rotatable bonds is 2. The molecule has 0 heterocycles. The molecule has 0 fully saturated rings. The summed E-state index contributed by atoms with van der Waals surface area (Å²) in [5.74, 6) is -3.69. The number of halogens is 3. The summed E-state index contributed by atoms with van der Waals surface area (Å²) < 4.78 is 35.9. The normalized spacial score (nSPS) is 17.6. The predicted molar refractivity (Wildman–Crippen MR) is 33.5 cm³/mol. The van der Waals surface area contributed by atoms with Crippen LogP contribution >= 0.6 is 0 Å². The lowest BCUT2D eigenvalue weighted by Crippen LogP contribution is -2.55. The molecule has 0 aliphatic carbocycles. The Bertz CT molecular complexity index is 187. The third kappa shape index (κ3) is 1.52. The summed E-state index contributed by atoms with van der Waals surface area (Å²) in [6.07, 6.45) is -5.15. The fourth-order valence-corrected chi connectivity index (χ4v) is 0.696. The summed E-state index contributed by atoms with van der Waals surface area (Å²) in [7, 11) is 0. The molecular formula is C6H9F3O3. The fourth-order valence-electron chi connectivity index (χ4n) is 0.696. The van der Waals surface area contributed by atoms with Gasteiger partial charge in [-0.1, -0.05) is 13.8 Å². The Hall–Kier alpha value is -0.780. The summed E-state index contributed by atoms with van der Waals surface area (Å²) in [4.78, 5) is 10.1. The minimum Gasteiger partial charge on any atom is -0.479 e. The lowest BCUT2D eigenvalue weighted by molar-refractivity contribution is -0.272. The second-order valence-corrected chi connectivity index (χ2v) is 2.72. The predicted octanol–water partition coefficient (Wildman–Crippen LogP) is 1.02. The summed E-state index contributed by atoms with van der Waals surface area (Å²) >= 11 is 0. The highest BCUT2D eigenvalue weighted by Gasteiger charge is 2.61. The molecule has 1 atom stereocenters. The molecule has 0 spiro atoms. The zero-order valence-corrected chi connectivity index (χ0v) is 6.51. The molecule has 0 radical (unpaired) electrons. The number of carbonyl (C=O) groups is 1. The Labute approximate surface area is 66.8 Å². The van der Waals surface area contributed by atoms with Crippen LogP contribution in [0.3, 0.4) is 0 Å². The molecule has 0 unspecified atom stereocenters. The Morgan fingerprint density at radius 1 is 1.33 bits per heavy atom. The van der Waals surface area contributed by atoms with Crippen molar-refractivity contribution in [1.82, 2.24) is 0 Å². The zero-order valence-electron chi connectivity index (χ0n) is 6.51. The monoisotopic (exact) mass is 186 g/mol. The molecule has 72 valence electrons. The molecule has 0 bridgehead atoms. The highest BCUT2D eigenvalue weighted by atomic mass is 19.4. The molecule has 0 saturated heterocycles. The Balaban J connectivity index is 5.02. The molecule has 6 heteroatoms. The molecule has 2 N–H and O–H groups in total. The highest BCUT2D eigenvalue weighted by molar-refractivity contribution is 5.78. The van der Waals surface area contributed by atoms with Gasteiger partial charge in [-0.15, -0.1) is 0 Å². The van der Waals surface area contributed by atoms with Gasteiger partial charge < -0.3 is 10.2 Å². The lowest BCUT2D eigenvalue weighted by Gasteiger charge is -2.29. The maximum atomic E-state index is 12.0. The van der Waals surface area contributed by atoms with Gasteiger partial charge in [0, 0.05) is 5.92 Å². The summed E-state index contributed by atoms with van der Waals surface area (Å²) in [5.41, 5.74) is -3.65. The molecule has 12 heavy (non-hydrogen) atoms. The molecular weight excluding hydrogens is 177 g/mol. The first-order valence-electron chi connectivity index (χ1n) is 3.16. The maximum Gasteiger partial charge on any atom is 0.428 e. The van der Waals surface area contributed by atoms with Gasteiger partial charge in [-0.3, -0.25) is 0 Å². The van der Waals surface area contributed by atoms with E-state index in [1.54, 1.807) is 0 Å². The van der Waals surface area contributed by atoms with Gasteiger partial charge in [-0.05, 0) is 0 Å². The molecule has 0 aliphatic rings. The number of aliphatic hydroxyl groups is 1. The van der Waals surface area contributed by atoms with E-state index >= 15 is 0 Å². The van der Waals surface area contributed by atoms with Crippen molar-refractivity contribution in [3.05, 3.63) is 0 Å². The second-order valence-electron chi connectivity index (χ2n) is 2.72. The Kier molecular flexibility index (Phi) is 2.74. The van der Waals surface area contributed by atoms with Crippen molar-refractivity contribution in [2.45, 2.75) is 25.6 Å². The second kappa shape index (κ2) is 2.93. The molecule has 0 amide bonds. The van der Waals surface area contributed by atoms with Crippen molar-refractivity contribution in [2.75, 3.05) is 0 Å². The summed E-state index contributed by atoms with van der Waals surface area (Å²) in [6.45, 7) is 1.98. The van der Waals surface area contributed by atoms with Crippen LogP contribution in [0, 0.1) is 5.92 Å². The number of aliphatic carboxylic acids is 1. The van der Waals surface area contributed by atoms with Crippen molar-refractivity contribution >= 4 is 5.97 Å². The van der Waals surface area contributed by atoms with E-state index in [0.717, 1.165) is 13.8 Å². The average molecular weight is 186 g/mol. The van der Waals surface area contributed by atoms with E-state index in [4.69, 9.17) is 10.2 Å². The van der Waals surface area contributed by atoms with Crippen LogP contribution in [0.4, 0.5) is 13.2 Å². The number of carboxylic acids is 1.